The van der Waals surface area contributed by atoms with Crippen molar-refractivity contribution in [3.63, 3.8) is 0 Å². The molecule has 1 heterocycles. The maximum atomic E-state index is 11.5. The quantitative estimate of drug-likeness (QED) is 0.233. The predicted molar refractivity (Wildman–Crippen MR) is 118 cm³/mol. The van der Waals surface area contributed by atoms with Gasteiger partial charge in [0.15, 0.2) is 0 Å². The van der Waals surface area contributed by atoms with Gasteiger partial charge in [-0.05, 0) is 82.3 Å². The van der Waals surface area contributed by atoms with Gasteiger partial charge in [-0.15, -0.1) is 0 Å². The molecule has 2 aliphatic rings. The van der Waals surface area contributed by atoms with E-state index in [9.17, 15) is 19.8 Å². The Hall–Kier alpha value is -1.98. The molecule has 2 atom stereocenters. The average Bonchev–Trinajstić information content (AvgIpc) is 3.01. The molecule has 0 aromatic rings. The standard InChI is InChI=1S/C25H36O5/c1-17(10-12-21-18(2)8-6-14-25(21,3)4)7-5-9-19(16-26)11-13-22(27)20-15-23(28)30-24(20)29/h7,11,15-16,22-23,27-28H,5-6,8-10,12-14H2,1-4H3/b17-7+,19-11+. The number of rotatable bonds is 10. The van der Waals surface area contributed by atoms with Crippen molar-refractivity contribution in [2.24, 2.45) is 5.41 Å². The topological polar surface area (TPSA) is 83.8 Å². The van der Waals surface area contributed by atoms with Crippen molar-refractivity contribution < 1.29 is 24.5 Å². The van der Waals surface area contributed by atoms with Gasteiger partial charge < -0.3 is 14.9 Å². The summed E-state index contributed by atoms with van der Waals surface area (Å²) in [5.74, 6) is -0.721. The highest BCUT2D eigenvalue weighted by Crippen LogP contribution is 2.42. The maximum absolute atomic E-state index is 11.5. The van der Waals surface area contributed by atoms with Crippen LogP contribution in [0.15, 0.2) is 46.1 Å². The number of hydrogen-bond donors (Lipinski definition) is 2. The summed E-state index contributed by atoms with van der Waals surface area (Å²) in [6.07, 6.45) is 10.8. The largest absolute Gasteiger partial charge is 0.429 e. The summed E-state index contributed by atoms with van der Waals surface area (Å²) in [6, 6.07) is 0. The molecule has 1 aliphatic carbocycles. The van der Waals surface area contributed by atoms with E-state index in [-0.39, 0.29) is 12.0 Å². The number of hydrogen-bond acceptors (Lipinski definition) is 5. The van der Waals surface area contributed by atoms with E-state index in [1.54, 1.807) is 17.2 Å². The third kappa shape index (κ3) is 6.78. The Bertz CT molecular complexity index is 766. The number of ether oxygens (including phenoxy) is 1. The summed E-state index contributed by atoms with van der Waals surface area (Å²) in [5, 5.41) is 19.4. The fraction of sp³-hybridized carbons (Fsp3) is 0.600. The van der Waals surface area contributed by atoms with Crippen LogP contribution in [0, 0.1) is 5.41 Å². The molecule has 2 rings (SSSR count). The number of allylic oxidation sites excluding steroid dienone is 5. The van der Waals surface area contributed by atoms with Crippen LogP contribution >= 0.6 is 0 Å². The van der Waals surface area contributed by atoms with Gasteiger partial charge in [0.05, 0.1) is 11.7 Å². The van der Waals surface area contributed by atoms with Gasteiger partial charge in [0.1, 0.15) is 6.29 Å². The fourth-order valence-electron chi connectivity index (χ4n) is 4.42. The van der Waals surface area contributed by atoms with Gasteiger partial charge in [-0.2, -0.15) is 0 Å². The van der Waals surface area contributed by atoms with Crippen molar-refractivity contribution in [2.45, 2.75) is 91.5 Å². The molecule has 0 saturated heterocycles. The number of aliphatic hydroxyl groups excluding tert-OH is 2. The normalized spacial score (nSPS) is 23.3. The molecule has 5 nitrogen and oxygen atoms in total. The molecule has 0 aromatic carbocycles. The first-order valence-corrected chi connectivity index (χ1v) is 10.9. The third-order valence-corrected chi connectivity index (χ3v) is 6.28. The third-order valence-electron chi connectivity index (χ3n) is 6.28. The van der Waals surface area contributed by atoms with E-state index in [2.05, 4.69) is 38.5 Å². The molecule has 0 bridgehead atoms. The summed E-state index contributed by atoms with van der Waals surface area (Å²) in [6.45, 7) is 9.11. The van der Waals surface area contributed by atoms with E-state index in [4.69, 9.17) is 0 Å². The second kappa shape index (κ2) is 10.9. The lowest BCUT2D eigenvalue weighted by Gasteiger charge is -2.35. The summed E-state index contributed by atoms with van der Waals surface area (Å²) in [7, 11) is 0. The summed E-state index contributed by atoms with van der Waals surface area (Å²) in [5.41, 5.74) is 5.42. The van der Waals surface area contributed by atoms with Crippen molar-refractivity contribution in [2.75, 3.05) is 0 Å². The van der Waals surface area contributed by atoms with Crippen molar-refractivity contribution in [1.82, 2.24) is 0 Å². The minimum atomic E-state index is -1.30. The molecular formula is C25H36O5. The van der Waals surface area contributed by atoms with Crippen LogP contribution in [-0.4, -0.2) is 34.9 Å². The van der Waals surface area contributed by atoms with Crippen LogP contribution in [0.2, 0.25) is 0 Å². The molecule has 1 aliphatic heterocycles. The van der Waals surface area contributed by atoms with Crippen LogP contribution < -0.4 is 0 Å². The number of aldehydes is 1. The van der Waals surface area contributed by atoms with E-state index >= 15 is 0 Å². The van der Waals surface area contributed by atoms with Crippen molar-refractivity contribution in [3.05, 3.63) is 46.1 Å². The average molecular weight is 417 g/mol. The Balaban J connectivity index is 1.83. The van der Waals surface area contributed by atoms with Crippen molar-refractivity contribution in [3.8, 4) is 0 Å². The first-order chi connectivity index (χ1) is 14.1. The molecule has 0 radical (unpaired) electrons. The zero-order chi connectivity index (χ0) is 22.3. The lowest BCUT2D eigenvalue weighted by molar-refractivity contribution is -0.151. The number of carbonyl (C=O) groups excluding carboxylic acids is 2. The predicted octanol–water partition coefficient (Wildman–Crippen LogP) is 4.70. The molecule has 166 valence electrons. The molecule has 0 saturated carbocycles. The highest BCUT2D eigenvalue weighted by molar-refractivity contribution is 5.91. The van der Waals surface area contributed by atoms with Crippen molar-refractivity contribution in [1.29, 1.82) is 0 Å². The van der Waals surface area contributed by atoms with E-state index in [0.29, 0.717) is 17.4 Å². The van der Waals surface area contributed by atoms with Gasteiger partial charge in [0, 0.05) is 0 Å². The van der Waals surface area contributed by atoms with Gasteiger partial charge in [0.2, 0.25) is 6.29 Å². The zero-order valence-electron chi connectivity index (χ0n) is 18.7. The number of carbonyl (C=O) groups is 2. The van der Waals surface area contributed by atoms with E-state index in [0.717, 1.165) is 25.5 Å². The van der Waals surface area contributed by atoms with E-state index < -0.39 is 18.4 Å². The van der Waals surface area contributed by atoms with E-state index in [1.807, 2.05) is 0 Å². The molecule has 2 unspecified atom stereocenters. The minimum Gasteiger partial charge on any atom is -0.429 e. The smallest absolute Gasteiger partial charge is 0.339 e. The molecule has 5 heteroatoms. The monoisotopic (exact) mass is 416 g/mol. The second-order valence-corrected chi connectivity index (χ2v) is 9.15. The Kier molecular flexibility index (Phi) is 8.80. The zero-order valence-corrected chi connectivity index (χ0v) is 18.7. The van der Waals surface area contributed by atoms with Crippen LogP contribution in [0.3, 0.4) is 0 Å². The summed E-state index contributed by atoms with van der Waals surface area (Å²) in [4.78, 5) is 22.9. The first-order valence-electron chi connectivity index (χ1n) is 10.9. The SMILES string of the molecule is CC1=C(CC/C(C)=C/CC/C(C=O)=C\CC(O)C2=CC(O)OC2=O)C(C)(C)CCC1. The molecule has 0 aromatic heterocycles. The Morgan fingerprint density at radius 1 is 1.33 bits per heavy atom. The Labute approximate surface area is 180 Å². The number of aliphatic hydroxyl groups is 2. The molecule has 0 fully saturated rings. The first kappa shape index (κ1) is 24.3. The van der Waals surface area contributed by atoms with Crippen LogP contribution in [0.25, 0.3) is 0 Å². The maximum Gasteiger partial charge on any atom is 0.339 e. The van der Waals surface area contributed by atoms with Gasteiger partial charge in [-0.25, -0.2) is 4.79 Å². The lowest BCUT2D eigenvalue weighted by atomic mass is 9.71. The van der Waals surface area contributed by atoms with Crippen LogP contribution in [-0.2, 0) is 14.3 Å². The Morgan fingerprint density at radius 2 is 2.07 bits per heavy atom. The van der Waals surface area contributed by atoms with Crippen LogP contribution in [0.5, 0.6) is 0 Å². The molecule has 30 heavy (non-hydrogen) atoms. The van der Waals surface area contributed by atoms with Gasteiger partial charge >= 0.3 is 5.97 Å². The number of cyclic esters (lactones) is 1. The molecule has 0 spiro atoms. The molecule has 0 amide bonds. The van der Waals surface area contributed by atoms with Crippen LogP contribution in [0.1, 0.15) is 79.1 Å². The van der Waals surface area contributed by atoms with Gasteiger partial charge in [-0.1, -0.05) is 42.7 Å². The fourth-order valence-corrected chi connectivity index (χ4v) is 4.42. The number of esters is 1. The van der Waals surface area contributed by atoms with E-state index in [1.165, 1.54) is 30.9 Å². The molecule has 2 N–H and O–H groups in total. The minimum absolute atomic E-state index is 0.0370. The Morgan fingerprint density at radius 3 is 2.67 bits per heavy atom. The summed E-state index contributed by atoms with van der Waals surface area (Å²) < 4.78 is 4.57. The van der Waals surface area contributed by atoms with Gasteiger partial charge in [0.25, 0.3) is 0 Å². The van der Waals surface area contributed by atoms with Crippen LogP contribution in [0.4, 0.5) is 0 Å². The molecular weight excluding hydrogens is 380 g/mol. The van der Waals surface area contributed by atoms with Gasteiger partial charge in [-0.3, -0.25) is 4.79 Å². The highest BCUT2D eigenvalue weighted by Gasteiger charge is 2.29. The second-order valence-electron chi connectivity index (χ2n) is 9.15. The lowest BCUT2D eigenvalue weighted by Crippen LogP contribution is -2.20. The highest BCUT2D eigenvalue weighted by atomic mass is 16.6. The summed E-state index contributed by atoms with van der Waals surface area (Å²) >= 11 is 0. The van der Waals surface area contributed by atoms with Crippen molar-refractivity contribution >= 4 is 12.3 Å².